The number of benzene rings is 1. The van der Waals surface area contributed by atoms with E-state index in [0.717, 1.165) is 0 Å². The summed E-state index contributed by atoms with van der Waals surface area (Å²) < 4.78 is 9.41. The molecule has 1 N–H and O–H groups in total. The highest BCUT2D eigenvalue weighted by Gasteiger charge is 2.33. The van der Waals surface area contributed by atoms with Gasteiger partial charge in [-0.05, 0) is 12.1 Å². The van der Waals surface area contributed by atoms with Crippen molar-refractivity contribution in [3.63, 3.8) is 0 Å². The molecule has 0 bridgehead atoms. The second-order valence-electron chi connectivity index (χ2n) is 2.89. The minimum atomic E-state index is -1.95. The van der Waals surface area contributed by atoms with Gasteiger partial charge < -0.3 is 14.6 Å². The largest absolute Gasteiger partial charge is 0.464 e. The first-order chi connectivity index (χ1) is 6.56. The van der Waals surface area contributed by atoms with Gasteiger partial charge >= 0.3 is 11.8 Å². The van der Waals surface area contributed by atoms with Crippen molar-refractivity contribution in [3.8, 4) is 5.75 Å². The molecule has 0 spiro atoms. The fourth-order valence-electron chi connectivity index (χ4n) is 0.949. The van der Waals surface area contributed by atoms with E-state index < -0.39 is 11.8 Å². The van der Waals surface area contributed by atoms with E-state index in [-0.39, 0.29) is 0 Å². The summed E-state index contributed by atoms with van der Waals surface area (Å²) in [6.45, 7) is 1.23. The lowest BCUT2D eigenvalue weighted by Crippen LogP contribution is -2.42. The Morgan fingerprint density at radius 2 is 1.93 bits per heavy atom. The Bertz CT molecular complexity index is 305. The molecule has 1 atom stereocenters. The summed E-state index contributed by atoms with van der Waals surface area (Å²) in [6, 6.07) is 8.56. The van der Waals surface area contributed by atoms with Crippen molar-refractivity contribution in [1.29, 1.82) is 0 Å². The molecule has 0 aliphatic rings. The molecule has 0 radical (unpaired) electrons. The number of para-hydroxylation sites is 1. The SMILES string of the molecule is COC(=O)[C@](C)(O)Oc1ccccc1. The third kappa shape index (κ3) is 2.47. The van der Waals surface area contributed by atoms with Gasteiger partial charge in [0.1, 0.15) is 5.75 Å². The van der Waals surface area contributed by atoms with E-state index in [2.05, 4.69) is 4.74 Å². The van der Waals surface area contributed by atoms with E-state index in [4.69, 9.17) is 4.74 Å². The van der Waals surface area contributed by atoms with E-state index in [9.17, 15) is 9.90 Å². The van der Waals surface area contributed by atoms with Gasteiger partial charge in [0, 0.05) is 6.92 Å². The summed E-state index contributed by atoms with van der Waals surface area (Å²) in [7, 11) is 1.19. The van der Waals surface area contributed by atoms with Gasteiger partial charge in [0.25, 0.3) is 0 Å². The summed E-state index contributed by atoms with van der Waals surface area (Å²) >= 11 is 0. The van der Waals surface area contributed by atoms with Crippen LogP contribution in [0.25, 0.3) is 0 Å². The maximum Gasteiger partial charge on any atom is 0.378 e. The van der Waals surface area contributed by atoms with E-state index >= 15 is 0 Å². The quantitative estimate of drug-likeness (QED) is 0.577. The van der Waals surface area contributed by atoms with Crippen molar-refractivity contribution < 1.29 is 19.4 Å². The molecule has 1 aromatic rings. The molecule has 0 heterocycles. The van der Waals surface area contributed by atoms with Crippen LogP contribution < -0.4 is 4.74 Å². The predicted molar refractivity (Wildman–Crippen MR) is 49.7 cm³/mol. The Hall–Kier alpha value is -1.55. The normalized spacial score (nSPS) is 14.2. The van der Waals surface area contributed by atoms with Crippen LogP contribution in [0.4, 0.5) is 0 Å². The molecule has 0 amide bonds. The molecule has 14 heavy (non-hydrogen) atoms. The van der Waals surface area contributed by atoms with Crippen LogP contribution in [0.2, 0.25) is 0 Å². The molecule has 76 valence electrons. The number of methoxy groups -OCH3 is 1. The van der Waals surface area contributed by atoms with Crippen LogP contribution in [0.5, 0.6) is 5.75 Å². The molecular weight excluding hydrogens is 184 g/mol. The molecule has 0 fully saturated rings. The zero-order valence-corrected chi connectivity index (χ0v) is 8.06. The van der Waals surface area contributed by atoms with Gasteiger partial charge in [-0.2, -0.15) is 0 Å². The van der Waals surface area contributed by atoms with Gasteiger partial charge in [0.2, 0.25) is 0 Å². The van der Waals surface area contributed by atoms with Crippen molar-refractivity contribution in [1.82, 2.24) is 0 Å². The molecule has 1 aromatic carbocycles. The molecule has 4 nitrogen and oxygen atoms in total. The van der Waals surface area contributed by atoms with Gasteiger partial charge in [0.05, 0.1) is 7.11 Å². The molecule has 4 heteroatoms. The van der Waals surface area contributed by atoms with Crippen LogP contribution in [0.15, 0.2) is 30.3 Å². The molecule has 0 saturated carbocycles. The molecule has 0 unspecified atom stereocenters. The van der Waals surface area contributed by atoms with Crippen molar-refractivity contribution in [2.24, 2.45) is 0 Å². The molecular formula is C10H12O4. The van der Waals surface area contributed by atoms with Crippen LogP contribution in [0.1, 0.15) is 6.92 Å². The molecule has 0 aliphatic carbocycles. The maximum atomic E-state index is 11.0. The van der Waals surface area contributed by atoms with E-state index in [1.165, 1.54) is 14.0 Å². The van der Waals surface area contributed by atoms with E-state index in [1.807, 2.05) is 0 Å². The van der Waals surface area contributed by atoms with Crippen molar-refractivity contribution in [2.45, 2.75) is 12.7 Å². The summed E-state index contributed by atoms with van der Waals surface area (Å²) in [4.78, 5) is 11.0. The predicted octanol–water partition coefficient (Wildman–Crippen LogP) is 0.947. The summed E-state index contributed by atoms with van der Waals surface area (Å²) in [5.74, 6) is -2.37. The summed E-state index contributed by atoms with van der Waals surface area (Å²) in [5.41, 5.74) is 0. The first-order valence-electron chi connectivity index (χ1n) is 4.11. The standard InChI is InChI=1S/C10H12O4/c1-10(12,9(11)13-2)14-8-6-4-3-5-7-8/h3-7,12H,1-2H3/t10-/m1/s1. The minimum absolute atomic E-state index is 0.405. The molecule has 0 aliphatic heterocycles. The van der Waals surface area contributed by atoms with E-state index in [0.29, 0.717) is 5.75 Å². The number of esters is 1. The Kier molecular flexibility index (Phi) is 3.09. The number of hydrogen-bond donors (Lipinski definition) is 1. The Morgan fingerprint density at radius 3 is 2.43 bits per heavy atom. The van der Waals surface area contributed by atoms with Crippen molar-refractivity contribution in [2.75, 3.05) is 7.11 Å². The molecule has 0 aromatic heterocycles. The number of carbonyl (C=O) groups is 1. The molecule has 1 rings (SSSR count). The number of ether oxygens (including phenoxy) is 2. The highest BCUT2D eigenvalue weighted by atomic mass is 16.7. The van der Waals surface area contributed by atoms with Gasteiger partial charge in [-0.1, -0.05) is 18.2 Å². The maximum absolute atomic E-state index is 11.0. The van der Waals surface area contributed by atoms with Crippen molar-refractivity contribution in [3.05, 3.63) is 30.3 Å². The number of hydrogen-bond acceptors (Lipinski definition) is 4. The first kappa shape index (κ1) is 10.5. The van der Waals surface area contributed by atoms with Gasteiger partial charge in [-0.25, -0.2) is 4.79 Å². The monoisotopic (exact) mass is 196 g/mol. The van der Waals surface area contributed by atoms with E-state index in [1.54, 1.807) is 30.3 Å². The average molecular weight is 196 g/mol. The second-order valence-corrected chi connectivity index (χ2v) is 2.89. The zero-order chi connectivity index (χ0) is 10.6. The number of rotatable bonds is 3. The minimum Gasteiger partial charge on any atom is -0.464 e. The van der Waals surface area contributed by atoms with Crippen LogP contribution in [0, 0.1) is 0 Å². The topological polar surface area (TPSA) is 55.8 Å². The summed E-state index contributed by atoms with van der Waals surface area (Å²) in [6.07, 6.45) is 0. The lowest BCUT2D eigenvalue weighted by atomic mass is 10.3. The second kappa shape index (κ2) is 4.11. The highest BCUT2D eigenvalue weighted by Crippen LogP contribution is 2.16. The average Bonchev–Trinajstić information content (AvgIpc) is 2.17. The fourth-order valence-corrected chi connectivity index (χ4v) is 0.949. The fraction of sp³-hybridized carbons (Fsp3) is 0.300. The third-order valence-electron chi connectivity index (χ3n) is 1.62. The number of carbonyl (C=O) groups excluding carboxylic acids is 1. The molecule has 0 saturated heterocycles. The summed E-state index contributed by atoms with van der Waals surface area (Å²) in [5, 5.41) is 9.54. The van der Waals surface area contributed by atoms with Gasteiger partial charge in [0.15, 0.2) is 0 Å². The number of aliphatic hydroxyl groups is 1. The first-order valence-corrected chi connectivity index (χ1v) is 4.11. The lowest BCUT2D eigenvalue weighted by molar-refractivity contribution is -0.191. The lowest BCUT2D eigenvalue weighted by Gasteiger charge is -2.21. The third-order valence-corrected chi connectivity index (χ3v) is 1.62. The Balaban J connectivity index is 2.73. The smallest absolute Gasteiger partial charge is 0.378 e. The Morgan fingerprint density at radius 1 is 1.36 bits per heavy atom. The van der Waals surface area contributed by atoms with Crippen LogP contribution >= 0.6 is 0 Å². The van der Waals surface area contributed by atoms with Crippen LogP contribution in [-0.2, 0) is 9.53 Å². The Labute approximate surface area is 82.1 Å². The van der Waals surface area contributed by atoms with Gasteiger partial charge in [-0.15, -0.1) is 0 Å². The van der Waals surface area contributed by atoms with Crippen LogP contribution in [0.3, 0.4) is 0 Å². The van der Waals surface area contributed by atoms with Crippen LogP contribution in [-0.4, -0.2) is 24.0 Å². The van der Waals surface area contributed by atoms with Crippen molar-refractivity contribution >= 4 is 5.97 Å². The zero-order valence-electron chi connectivity index (χ0n) is 8.06. The highest BCUT2D eigenvalue weighted by molar-refractivity contribution is 5.77. The van der Waals surface area contributed by atoms with Gasteiger partial charge in [-0.3, -0.25) is 0 Å².